The fourth-order valence-electron chi connectivity index (χ4n) is 1.65. The lowest BCUT2D eigenvalue weighted by Crippen LogP contribution is -2.21. The maximum Gasteiger partial charge on any atom is 0.169 e. The molecule has 86 valence electrons. The number of fused-ring (bicyclic) bond motifs is 1. The Hall–Kier alpha value is -1.48. The average Bonchev–Trinajstić information content (AvgIpc) is 2.42. The van der Waals surface area contributed by atoms with Crippen LogP contribution in [0.5, 0.6) is 11.5 Å². The molecular weight excluding hydrogens is 202 g/mol. The molecule has 1 aromatic carbocycles. The van der Waals surface area contributed by atoms with E-state index in [1.54, 1.807) is 0 Å². The van der Waals surface area contributed by atoms with Gasteiger partial charge in [-0.3, -0.25) is 0 Å². The van der Waals surface area contributed by atoms with Gasteiger partial charge in [0.25, 0.3) is 0 Å². The van der Waals surface area contributed by atoms with Crippen LogP contribution in [0.15, 0.2) is 36.8 Å². The van der Waals surface area contributed by atoms with Gasteiger partial charge in [-0.2, -0.15) is 0 Å². The quantitative estimate of drug-likeness (QED) is 0.727. The topological polar surface area (TPSA) is 30.5 Å². The lowest BCUT2D eigenvalue weighted by Gasteiger charge is -2.10. The predicted octanol–water partition coefficient (Wildman–Crippen LogP) is 2.69. The molecule has 1 fully saturated rings. The molecule has 2 aliphatic rings. The average molecular weight is 219 g/mol. The number of benzene rings is 1. The molecular formula is C13H17NO2. The van der Waals surface area contributed by atoms with Gasteiger partial charge >= 0.3 is 0 Å². The lowest BCUT2D eigenvalue weighted by atomic mass is 10.2. The Morgan fingerprint density at radius 1 is 0.812 bits per heavy atom. The highest BCUT2D eigenvalue weighted by Crippen LogP contribution is 2.28. The summed E-state index contributed by atoms with van der Waals surface area (Å²) in [6, 6.07) is 7.53. The molecule has 0 radical (unpaired) electrons. The first kappa shape index (κ1) is 11.0. The van der Waals surface area contributed by atoms with Crippen molar-refractivity contribution in [2.75, 3.05) is 13.1 Å². The first-order chi connectivity index (χ1) is 7.97. The second kappa shape index (κ2) is 6.18. The minimum Gasteiger partial charge on any atom is -0.458 e. The van der Waals surface area contributed by atoms with Gasteiger partial charge in [0.05, 0.1) is 0 Å². The second-order valence-corrected chi connectivity index (χ2v) is 3.77. The van der Waals surface area contributed by atoms with Crippen LogP contribution >= 0.6 is 0 Å². The van der Waals surface area contributed by atoms with E-state index in [9.17, 15) is 0 Å². The summed E-state index contributed by atoms with van der Waals surface area (Å²) in [4.78, 5) is 0. The van der Waals surface area contributed by atoms with Gasteiger partial charge in [0.1, 0.15) is 12.5 Å². The normalized spacial score (nSPS) is 17.2. The van der Waals surface area contributed by atoms with Gasteiger partial charge in [0.2, 0.25) is 0 Å². The van der Waals surface area contributed by atoms with E-state index in [0.717, 1.165) is 11.5 Å². The van der Waals surface area contributed by atoms with Crippen molar-refractivity contribution in [3.8, 4) is 11.5 Å². The van der Waals surface area contributed by atoms with Crippen molar-refractivity contribution in [3.05, 3.63) is 36.8 Å². The van der Waals surface area contributed by atoms with Crippen LogP contribution in [-0.2, 0) is 0 Å². The van der Waals surface area contributed by atoms with Crippen LogP contribution in [0, 0.1) is 0 Å². The van der Waals surface area contributed by atoms with E-state index < -0.39 is 0 Å². The van der Waals surface area contributed by atoms with Crippen LogP contribution < -0.4 is 14.8 Å². The first-order valence-corrected chi connectivity index (χ1v) is 5.75. The Balaban J connectivity index is 0.000000138. The van der Waals surface area contributed by atoms with Gasteiger partial charge in [-0.25, -0.2) is 0 Å². The standard InChI is InChI=1S/C8H6O2.C5H11N/c1-2-4-8-7(3-1)9-5-6-10-8;1-2-4-6-5-3-1/h1-6H;6H,1-5H2. The fourth-order valence-corrected chi connectivity index (χ4v) is 1.65. The van der Waals surface area contributed by atoms with Crippen LogP contribution in [0.4, 0.5) is 0 Å². The first-order valence-electron chi connectivity index (χ1n) is 5.75. The minimum absolute atomic E-state index is 0.769. The highest BCUT2D eigenvalue weighted by molar-refractivity contribution is 5.41. The Morgan fingerprint density at radius 3 is 1.75 bits per heavy atom. The molecule has 0 atom stereocenters. The van der Waals surface area contributed by atoms with Crippen LogP contribution in [0.3, 0.4) is 0 Å². The molecule has 0 aliphatic carbocycles. The third-order valence-corrected chi connectivity index (χ3v) is 2.50. The molecule has 1 N–H and O–H groups in total. The molecule has 0 spiro atoms. The maximum atomic E-state index is 5.12. The van der Waals surface area contributed by atoms with Crippen LogP contribution in [0.1, 0.15) is 19.3 Å². The van der Waals surface area contributed by atoms with Gasteiger partial charge in [-0.05, 0) is 38.1 Å². The monoisotopic (exact) mass is 219 g/mol. The zero-order chi connectivity index (χ0) is 11.1. The molecule has 0 unspecified atom stereocenters. The lowest BCUT2D eigenvalue weighted by molar-refractivity contribution is 0.362. The molecule has 0 bridgehead atoms. The molecule has 3 nitrogen and oxygen atoms in total. The number of hydrogen-bond acceptors (Lipinski definition) is 3. The van der Waals surface area contributed by atoms with Gasteiger partial charge in [-0.15, -0.1) is 0 Å². The van der Waals surface area contributed by atoms with Crippen LogP contribution in [0.2, 0.25) is 0 Å². The number of ether oxygens (including phenoxy) is 2. The summed E-state index contributed by atoms with van der Waals surface area (Å²) >= 11 is 0. The summed E-state index contributed by atoms with van der Waals surface area (Å²) in [7, 11) is 0. The summed E-state index contributed by atoms with van der Waals surface area (Å²) in [6.07, 6.45) is 7.25. The smallest absolute Gasteiger partial charge is 0.169 e. The van der Waals surface area contributed by atoms with E-state index in [2.05, 4.69) is 5.32 Å². The summed E-state index contributed by atoms with van der Waals surface area (Å²) < 4.78 is 10.2. The summed E-state index contributed by atoms with van der Waals surface area (Å²) in [5.74, 6) is 1.54. The molecule has 0 amide bonds. The zero-order valence-corrected chi connectivity index (χ0v) is 9.32. The van der Waals surface area contributed by atoms with Crippen molar-refractivity contribution in [2.45, 2.75) is 19.3 Å². The number of nitrogens with one attached hydrogen (secondary N) is 1. The van der Waals surface area contributed by atoms with Gasteiger partial charge in [-0.1, -0.05) is 18.6 Å². The maximum absolute atomic E-state index is 5.12. The van der Waals surface area contributed by atoms with E-state index in [0.29, 0.717) is 0 Å². The van der Waals surface area contributed by atoms with Crippen molar-refractivity contribution < 1.29 is 9.47 Å². The largest absolute Gasteiger partial charge is 0.458 e. The highest BCUT2D eigenvalue weighted by atomic mass is 16.5. The molecule has 0 aromatic heterocycles. The number of rotatable bonds is 0. The Labute approximate surface area is 96.1 Å². The highest BCUT2D eigenvalue weighted by Gasteiger charge is 2.04. The van der Waals surface area contributed by atoms with Crippen molar-refractivity contribution in [1.29, 1.82) is 0 Å². The van der Waals surface area contributed by atoms with Gasteiger partial charge in [0.15, 0.2) is 11.5 Å². The van der Waals surface area contributed by atoms with E-state index in [-0.39, 0.29) is 0 Å². The zero-order valence-electron chi connectivity index (χ0n) is 9.32. The number of hydrogen-bond donors (Lipinski definition) is 1. The third-order valence-electron chi connectivity index (χ3n) is 2.50. The van der Waals surface area contributed by atoms with Crippen molar-refractivity contribution in [1.82, 2.24) is 5.32 Å². The molecule has 2 heterocycles. The van der Waals surface area contributed by atoms with Crippen molar-refractivity contribution in [3.63, 3.8) is 0 Å². The molecule has 3 rings (SSSR count). The SMILES string of the molecule is C1=COc2ccccc2O1.C1CCNCC1. The second-order valence-electron chi connectivity index (χ2n) is 3.77. The predicted molar refractivity (Wildman–Crippen MR) is 63.6 cm³/mol. The van der Waals surface area contributed by atoms with Crippen LogP contribution in [-0.4, -0.2) is 13.1 Å². The minimum atomic E-state index is 0.769. The van der Waals surface area contributed by atoms with Crippen LogP contribution in [0.25, 0.3) is 0 Å². The van der Waals surface area contributed by atoms with Gasteiger partial charge in [0, 0.05) is 0 Å². The Kier molecular flexibility index (Phi) is 4.26. The summed E-state index contributed by atoms with van der Waals surface area (Å²) in [5, 5.41) is 3.28. The third kappa shape index (κ3) is 3.28. The number of para-hydroxylation sites is 2. The molecule has 0 saturated carbocycles. The molecule has 2 aliphatic heterocycles. The van der Waals surface area contributed by atoms with E-state index >= 15 is 0 Å². The van der Waals surface area contributed by atoms with Crippen molar-refractivity contribution >= 4 is 0 Å². The number of piperidine rings is 1. The van der Waals surface area contributed by atoms with E-state index in [4.69, 9.17) is 9.47 Å². The van der Waals surface area contributed by atoms with Gasteiger partial charge < -0.3 is 14.8 Å². The van der Waals surface area contributed by atoms with E-state index in [1.807, 2.05) is 24.3 Å². The summed E-state index contributed by atoms with van der Waals surface area (Å²) in [6.45, 7) is 2.50. The summed E-state index contributed by atoms with van der Waals surface area (Å²) in [5.41, 5.74) is 0. The van der Waals surface area contributed by atoms with E-state index in [1.165, 1.54) is 44.9 Å². The Morgan fingerprint density at radius 2 is 1.38 bits per heavy atom. The van der Waals surface area contributed by atoms with Crippen molar-refractivity contribution in [2.24, 2.45) is 0 Å². The Bertz CT molecular complexity index is 307. The molecule has 16 heavy (non-hydrogen) atoms. The molecule has 1 saturated heterocycles. The fraction of sp³-hybridized carbons (Fsp3) is 0.385. The molecule has 1 aromatic rings. The molecule has 3 heteroatoms.